The van der Waals surface area contributed by atoms with Gasteiger partial charge in [-0.1, -0.05) is 26.7 Å². The molecule has 0 saturated heterocycles. The average molecular weight is 250 g/mol. The molecule has 1 aromatic rings. The summed E-state index contributed by atoms with van der Waals surface area (Å²) in [5, 5.41) is 15.5. The molecule has 1 fully saturated rings. The minimum Gasteiger partial charge on any atom is -0.389 e. The zero-order chi connectivity index (χ0) is 13.4. The van der Waals surface area contributed by atoms with Crippen molar-refractivity contribution in [2.45, 2.75) is 71.9 Å². The number of aromatic nitrogens is 2. The van der Waals surface area contributed by atoms with E-state index in [4.69, 9.17) is 0 Å². The van der Waals surface area contributed by atoms with E-state index in [-0.39, 0.29) is 5.41 Å². The van der Waals surface area contributed by atoms with E-state index in [1.54, 1.807) is 0 Å². The van der Waals surface area contributed by atoms with E-state index in [2.05, 4.69) is 31.9 Å². The molecule has 1 atom stereocenters. The Morgan fingerprint density at radius 1 is 1.33 bits per heavy atom. The van der Waals surface area contributed by atoms with Crippen LogP contribution in [0.4, 0.5) is 0 Å². The van der Waals surface area contributed by atoms with Crippen LogP contribution in [0.2, 0.25) is 0 Å². The Morgan fingerprint density at radius 2 is 2.00 bits per heavy atom. The molecule has 0 bridgehead atoms. The van der Waals surface area contributed by atoms with Crippen molar-refractivity contribution < 1.29 is 5.11 Å². The van der Waals surface area contributed by atoms with Gasteiger partial charge in [-0.2, -0.15) is 5.10 Å². The molecule has 3 heteroatoms. The first-order valence-electron chi connectivity index (χ1n) is 7.14. The van der Waals surface area contributed by atoms with Crippen molar-refractivity contribution in [2.75, 3.05) is 0 Å². The van der Waals surface area contributed by atoms with Crippen LogP contribution in [0.15, 0.2) is 6.07 Å². The first-order chi connectivity index (χ1) is 8.38. The molecule has 2 rings (SSSR count). The maximum Gasteiger partial charge on any atom is 0.0753 e. The van der Waals surface area contributed by atoms with E-state index in [9.17, 15) is 5.11 Å². The molecule has 102 valence electrons. The molecule has 1 unspecified atom stereocenters. The van der Waals surface area contributed by atoms with Gasteiger partial charge in [0.25, 0.3) is 0 Å². The molecule has 18 heavy (non-hydrogen) atoms. The van der Waals surface area contributed by atoms with Crippen LogP contribution < -0.4 is 0 Å². The smallest absolute Gasteiger partial charge is 0.0753 e. The van der Waals surface area contributed by atoms with Crippen LogP contribution in [0.3, 0.4) is 0 Å². The summed E-state index contributed by atoms with van der Waals surface area (Å²) in [6.07, 6.45) is 5.13. The van der Waals surface area contributed by atoms with Gasteiger partial charge in [-0.15, -0.1) is 0 Å². The second-order valence-corrected chi connectivity index (χ2v) is 6.39. The molecule has 0 aromatic carbocycles. The molecule has 0 spiro atoms. The van der Waals surface area contributed by atoms with Crippen molar-refractivity contribution in [3.05, 3.63) is 17.5 Å². The van der Waals surface area contributed by atoms with Crippen LogP contribution in [0.25, 0.3) is 0 Å². The van der Waals surface area contributed by atoms with Gasteiger partial charge < -0.3 is 5.11 Å². The second kappa shape index (κ2) is 4.69. The Kier molecular flexibility index (Phi) is 3.54. The maximum absolute atomic E-state index is 11.0. The van der Waals surface area contributed by atoms with Gasteiger partial charge in [0, 0.05) is 18.7 Å². The Bertz CT molecular complexity index is 422. The molecular formula is C15H26N2O. The van der Waals surface area contributed by atoms with Gasteiger partial charge in [-0.05, 0) is 38.2 Å². The lowest BCUT2D eigenvalue weighted by atomic mass is 9.63. The highest BCUT2D eigenvalue weighted by atomic mass is 16.3. The summed E-state index contributed by atoms with van der Waals surface area (Å²) < 4.78 is 2.03. The molecule has 0 amide bonds. The van der Waals surface area contributed by atoms with Gasteiger partial charge in [0.2, 0.25) is 0 Å². The topological polar surface area (TPSA) is 38.0 Å². The molecule has 3 nitrogen and oxygen atoms in total. The number of nitrogens with zero attached hydrogens (tertiary/aromatic N) is 2. The highest BCUT2D eigenvalue weighted by Gasteiger charge is 2.45. The summed E-state index contributed by atoms with van der Waals surface area (Å²) in [7, 11) is 0. The molecular weight excluding hydrogens is 224 g/mol. The molecule has 1 aliphatic carbocycles. The maximum atomic E-state index is 11.0. The highest BCUT2D eigenvalue weighted by Crippen LogP contribution is 2.45. The molecule has 1 aliphatic rings. The molecule has 1 saturated carbocycles. The van der Waals surface area contributed by atoms with Gasteiger partial charge in [0.15, 0.2) is 0 Å². The largest absolute Gasteiger partial charge is 0.389 e. The van der Waals surface area contributed by atoms with Crippen molar-refractivity contribution in [3.63, 3.8) is 0 Å². The van der Waals surface area contributed by atoms with E-state index in [0.29, 0.717) is 0 Å². The molecule has 0 radical (unpaired) electrons. The lowest BCUT2D eigenvalue weighted by molar-refractivity contribution is -0.0969. The van der Waals surface area contributed by atoms with E-state index in [0.717, 1.165) is 37.9 Å². The zero-order valence-corrected chi connectivity index (χ0v) is 12.2. The van der Waals surface area contributed by atoms with Gasteiger partial charge in [-0.25, -0.2) is 0 Å². The van der Waals surface area contributed by atoms with Crippen LogP contribution in [0, 0.1) is 12.3 Å². The van der Waals surface area contributed by atoms with Crippen molar-refractivity contribution in [3.8, 4) is 0 Å². The van der Waals surface area contributed by atoms with Crippen LogP contribution in [-0.2, 0) is 13.0 Å². The second-order valence-electron chi connectivity index (χ2n) is 6.39. The van der Waals surface area contributed by atoms with Gasteiger partial charge in [-0.3, -0.25) is 4.68 Å². The summed E-state index contributed by atoms with van der Waals surface area (Å²) in [5.74, 6) is 0. The normalized spacial score (nSPS) is 27.4. The predicted molar refractivity (Wildman–Crippen MR) is 73.5 cm³/mol. The number of hydrogen-bond donors (Lipinski definition) is 1. The minimum atomic E-state index is -0.579. The predicted octanol–water partition coefficient (Wildman–Crippen LogP) is 3.09. The van der Waals surface area contributed by atoms with Crippen LogP contribution >= 0.6 is 0 Å². The van der Waals surface area contributed by atoms with Gasteiger partial charge in [0.1, 0.15) is 0 Å². The average Bonchev–Trinajstić information content (AvgIpc) is 2.63. The van der Waals surface area contributed by atoms with Crippen molar-refractivity contribution in [1.29, 1.82) is 0 Å². The molecule has 1 N–H and O–H groups in total. The van der Waals surface area contributed by atoms with Crippen molar-refractivity contribution in [2.24, 2.45) is 5.41 Å². The van der Waals surface area contributed by atoms with E-state index < -0.39 is 5.60 Å². The number of rotatable bonds is 3. The quantitative estimate of drug-likeness (QED) is 0.895. The number of hydrogen-bond acceptors (Lipinski definition) is 2. The van der Waals surface area contributed by atoms with E-state index in [1.807, 2.05) is 11.6 Å². The van der Waals surface area contributed by atoms with Gasteiger partial charge >= 0.3 is 0 Å². The van der Waals surface area contributed by atoms with Crippen molar-refractivity contribution in [1.82, 2.24) is 9.78 Å². The van der Waals surface area contributed by atoms with Crippen molar-refractivity contribution >= 4 is 0 Å². The summed E-state index contributed by atoms with van der Waals surface area (Å²) in [6.45, 7) is 9.40. The first kappa shape index (κ1) is 13.6. The lowest BCUT2D eigenvalue weighted by Crippen LogP contribution is -2.49. The van der Waals surface area contributed by atoms with Crippen LogP contribution in [0.5, 0.6) is 0 Å². The summed E-state index contributed by atoms with van der Waals surface area (Å²) in [6, 6.07) is 2.12. The third-order valence-corrected chi connectivity index (χ3v) is 4.66. The summed E-state index contributed by atoms with van der Waals surface area (Å²) in [4.78, 5) is 0. The lowest BCUT2D eigenvalue weighted by Gasteiger charge is -2.46. The number of aryl methyl sites for hydroxylation is 2. The van der Waals surface area contributed by atoms with E-state index >= 15 is 0 Å². The molecule has 1 aromatic heterocycles. The monoisotopic (exact) mass is 250 g/mol. The first-order valence-corrected chi connectivity index (χ1v) is 7.14. The Labute approximate surface area is 110 Å². The van der Waals surface area contributed by atoms with Gasteiger partial charge in [0.05, 0.1) is 11.3 Å². The van der Waals surface area contributed by atoms with Crippen LogP contribution in [0.1, 0.15) is 57.8 Å². The Hall–Kier alpha value is -0.830. The fourth-order valence-electron chi connectivity index (χ4n) is 3.20. The fraction of sp³-hybridized carbons (Fsp3) is 0.800. The Morgan fingerprint density at radius 3 is 2.61 bits per heavy atom. The SMILES string of the molecule is CCn1nc(C)cc1CC1(O)CCCCC1(C)C. The molecule has 1 heterocycles. The minimum absolute atomic E-state index is 0.00198. The number of aliphatic hydroxyl groups is 1. The molecule has 0 aliphatic heterocycles. The zero-order valence-electron chi connectivity index (χ0n) is 12.2. The fourth-order valence-corrected chi connectivity index (χ4v) is 3.20. The Balaban J connectivity index is 2.25. The van der Waals surface area contributed by atoms with Crippen LogP contribution in [-0.4, -0.2) is 20.5 Å². The van der Waals surface area contributed by atoms with E-state index in [1.165, 1.54) is 12.1 Å². The summed E-state index contributed by atoms with van der Waals surface area (Å²) >= 11 is 0. The summed E-state index contributed by atoms with van der Waals surface area (Å²) in [5.41, 5.74) is 1.64. The highest BCUT2D eigenvalue weighted by molar-refractivity contribution is 5.14. The third-order valence-electron chi connectivity index (χ3n) is 4.66. The third kappa shape index (κ3) is 2.33. The standard InChI is InChI=1S/C15H26N2O/c1-5-17-13(10-12(2)16-17)11-15(18)9-7-6-8-14(15,3)4/h10,18H,5-9,11H2,1-4H3.